The summed E-state index contributed by atoms with van der Waals surface area (Å²) in [5.74, 6) is 1.74. The summed E-state index contributed by atoms with van der Waals surface area (Å²) in [6.07, 6.45) is 7.29. The maximum Gasteiger partial charge on any atom is 0.253 e. The van der Waals surface area contributed by atoms with Gasteiger partial charge in [0, 0.05) is 32.4 Å². The number of nitrogens with one attached hydrogen (secondary N) is 2. The van der Waals surface area contributed by atoms with Crippen LogP contribution in [-0.2, 0) is 0 Å². The van der Waals surface area contributed by atoms with Gasteiger partial charge in [0.25, 0.3) is 5.91 Å². The fraction of sp³-hybridized carbons (Fsp3) is 0.556. The SMILES string of the molecule is CC1CCN(c2ccc(C(=O)NCC3=CCNCC3)cn2)CC1. The molecule has 0 aromatic carbocycles. The van der Waals surface area contributed by atoms with Crippen LogP contribution in [0.3, 0.4) is 0 Å². The Morgan fingerprint density at radius 2 is 2.22 bits per heavy atom. The molecule has 1 aromatic rings. The van der Waals surface area contributed by atoms with Gasteiger partial charge in [-0.2, -0.15) is 0 Å². The Hall–Kier alpha value is -1.88. The fourth-order valence-electron chi connectivity index (χ4n) is 3.07. The minimum Gasteiger partial charge on any atom is -0.357 e. The quantitative estimate of drug-likeness (QED) is 0.834. The lowest BCUT2D eigenvalue weighted by Crippen LogP contribution is -2.33. The number of aromatic nitrogens is 1. The van der Waals surface area contributed by atoms with Crippen LogP contribution in [0.25, 0.3) is 0 Å². The smallest absolute Gasteiger partial charge is 0.253 e. The molecule has 1 fully saturated rings. The van der Waals surface area contributed by atoms with E-state index in [1.165, 1.54) is 18.4 Å². The lowest BCUT2D eigenvalue weighted by atomic mass is 9.99. The molecule has 0 unspecified atom stereocenters. The maximum absolute atomic E-state index is 12.2. The van der Waals surface area contributed by atoms with Gasteiger partial charge in [-0.25, -0.2) is 4.98 Å². The first-order valence-corrected chi connectivity index (χ1v) is 8.60. The standard InChI is InChI=1S/C18H26N4O/c1-14-6-10-22(11-7-14)17-3-2-16(13-20-17)18(23)21-12-15-4-8-19-9-5-15/h2-4,13-14,19H,5-12H2,1H3,(H,21,23). The number of carbonyl (C=O) groups excluding carboxylic acids is 1. The van der Waals surface area contributed by atoms with Crippen LogP contribution in [0.1, 0.15) is 36.5 Å². The van der Waals surface area contributed by atoms with Gasteiger partial charge in [0.15, 0.2) is 0 Å². The molecule has 5 heteroatoms. The fourth-order valence-corrected chi connectivity index (χ4v) is 3.07. The summed E-state index contributed by atoms with van der Waals surface area (Å²) in [4.78, 5) is 19.0. The third-order valence-electron chi connectivity index (χ3n) is 4.75. The van der Waals surface area contributed by atoms with Crippen molar-refractivity contribution < 1.29 is 4.79 Å². The Morgan fingerprint density at radius 1 is 1.39 bits per heavy atom. The Labute approximate surface area is 138 Å². The number of rotatable bonds is 4. The van der Waals surface area contributed by atoms with Crippen molar-refractivity contribution in [3.05, 3.63) is 35.5 Å². The Balaban J connectivity index is 1.54. The molecule has 23 heavy (non-hydrogen) atoms. The molecule has 1 amide bonds. The van der Waals surface area contributed by atoms with Crippen LogP contribution in [0, 0.1) is 5.92 Å². The highest BCUT2D eigenvalue weighted by Gasteiger charge is 2.17. The molecule has 1 aromatic heterocycles. The average Bonchev–Trinajstić information content (AvgIpc) is 2.61. The van der Waals surface area contributed by atoms with E-state index in [9.17, 15) is 4.79 Å². The molecule has 0 spiro atoms. The van der Waals surface area contributed by atoms with E-state index in [-0.39, 0.29) is 5.91 Å². The number of carbonyl (C=O) groups is 1. The van der Waals surface area contributed by atoms with Crippen molar-refractivity contribution in [1.82, 2.24) is 15.6 Å². The van der Waals surface area contributed by atoms with Gasteiger partial charge in [-0.3, -0.25) is 4.79 Å². The van der Waals surface area contributed by atoms with Gasteiger partial charge in [0.05, 0.1) is 5.56 Å². The van der Waals surface area contributed by atoms with Crippen molar-refractivity contribution in [3.8, 4) is 0 Å². The van der Waals surface area contributed by atoms with Gasteiger partial charge >= 0.3 is 0 Å². The van der Waals surface area contributed by atoms with Crippen molar-refractivity contribution in [2.75, 3.05) is 37.6 Å². The van der Waals surface area contributed by atoms with E-state index >= 15 is 0 Å². The van der Waals surface area contributed by atoms with Gasteiger partial charge in [-0.05, 0) is 43.9 Å². The number of anilines is 1. The number of nitrogens with zero attached hydrogens (tertiary/aromatic N) is 2. The summed E-state index contributed by atoms with van der Waals surface area (Å²) >= 11 is 0. The van der Waals surface area contributed by atoms with Crippen molar-refractivity contribution in [2.24, 2.45) is 5.92 Å². The number of piperidine rings is 1. The van der Waals surface area contributed by atoms with Gasteiger partial charge in [0.2, 0.25) is 0 Å². The highest BCUT2D eigenvalue weighted by molar-refractivity contribution is 5.94. The molecule has 2 N–H and O–H groups in total. The highest BCUT2D eigenvalue weighted by Crippen LogP contribution is 2.21. The van der Waals surface area contributed by atoms with Crippen LogP contribution < -0.4 is 15.5 Å². The van der Waals surface area contributed by atoms with Crippen molar-refractivity contribution in [2.45, 2.75) is 26.2 Å². The second-order valence-corrected chi connectivity index (χ2v) is 6.57. The van der Waals surface area contributed by atoms with Gasteiger partial charge in [0.1, 0.15) is 5.82 Å². The van der Waals surface area contributed by atoms with Gasteiger partial charge in [-0.1, -0.05) is 18.6 Å². The average molecular weight is 314 g/mol. The molecule has 3 rings (SSSR count). The third kappa shape index (κ3) is 4.32. The van der Waals surface area contributed by atoms with Crippen molar-refractivity contribution >= 4 is 11.7 Å². The lowest BCUT2D eigenvalue weighted by Gasteiger charge is -2.31. The summed E-state index contributed by atoms with van der Waals surface area (Å²) in [5, 5.41) is 6.26. The van der Waals surface area contributed by atoms with Crippen LogP contribution in [0.2, 0.25) is 0 Å². The van der Waals surface area contributed by atoms with Gasteiger partial charge < -0.3 is 15.5 Å². The van der Waals surface area contributed by atoms with E-state index in [2.05, 4.69) is 33.5 Å². The molecule has 1 saturated heterocycles. The largest absolute Gasteiger partial charge is 0.357 e. The zero-order chi connectivity index (χ0) is 16.1. The first kappa shape index (κ1) is 16.0. The minimum absolute atomic E-state index is 0.0456. The number of hydrogen-bond acceptors (Lipinski definition) is 4. The van der Waals surface area contributed by atoms with Crippen molar-refractivity contribution in [1.29, 1.82) is 0 Å². The van der Waals surface area contributed by atoms with E-state index in [0.717, 1.165) is 44.3 Å². The molecular weight excluding hydrogens is 288 g/mol. The Bertz CT molecular complexity index is 559. The summed E-state index contributed by atoms with van der Waals surface area (Å²) < 4.78 is 0. The first-order valence-electron chi connectivity index (χ1n) is 8.60. The van der Waals surface area contributed by atoms with E-state index in [4.69, 9.17) is 0 Å². The normalized spacial score (nSPS) is 19.3. The Morgan fingerprint density at radius 3 is 2.87 bits per heavy atom. The van der Waals surface area contributed by atoms with E-state index in [1.807, 2.05) is 12.1 Å². The summed E-state index contributed by atoms with van der Waals surface area (Å²) in [6.45, 7) is 6.94. The van der Waals surface area contributed by atoms with Crippen LogP contribution in [-0.4, -0.2) is 43.6 Å². The summed E-state index contributed by atoms with van der Waals surface area (Å²) in [5.41, 5.74) is 1.93. The molecule has 0 radical (unpaired) electrons. The molecule has 2 aliphatic heterocycles. The molecule has 0 atom stereocenters. The highest BCUT2D eigenvalue weighted by atomic mass is 16.1. The molecule has 5 nitrogen and oxygen atoms in total. The monoisotopic (exact) mass is 314 g/mol. The van der Waals surface area contributed by atoms with E-state index < -0.39 is 0 Å². The second kappa shape index (κ2) is 7.59. The number of pyridine rings is 1. The second-order valence-electron chi connectivity index (χ2n) is 6.57. The maximum atomic E-state index is 12.2. The molecule has 3 heterocycles. The van der Waals surface area contributed by atoms with E-state index in [1.54, 1.807) is 6.20 Å². The minimum atomic E-state index is -0.0456. The molecular formula is C18H26N4O. The molecule has 124 valence electrons. The van der Waals surface area contributed by atoms with Crippen LogP contribution in [0.5, 0.6) is 0 Å². The Kier molecular flexibility index (Phi) is 5.28. The van der Waals surface area contributed by atoms with Crippen molar-refractivity contribution in [3.63, 3.8) is 0 Å². The number of hydrogen-bond donors (Lipinski definition) is 2. The topological polar surface area (TPSA) is 57.3 Å². The lowest BCUT2D eigenvalue weighted by molar-refractivity contribution is 0.0956. The van der Waals surface area contributed by atoms with E-state index in [0.29, 0.717) is 12.1 Å². The first-order chi connectivity index (χ1) is 11.2. The predicted octanol–water partition coefficient (Wildman–Crippen LogP) is 1.97. The zero-order valence-electron chi connectivity index (χ0n) is 13.8. The molecule has 0 aliphatic carbocycles. The van der Waals surface area contributed by atoms with Gasteiger partial charge in [-0.15, -0.1) is 0 Å². The van der Waals surface area contributed by atoms with Crippen LogP contribution >= 0.6 is 0 Å². The summed E-state index contributed by atoms with van der Waals surface area (Å²) in [6, 6.07) is 3.85. The van der Waals surface area contributed by atoms with Crippen LogP contribution in [0.15, 0.2) is 30.0 Å². The number of amides is 1. The molecule has 0 saturated carbocycles. The third-order valence-corrected chi connectivity index (χ3v) is 4.75. The zero-order valence-corrected chi connectivity index (χ0v) is 13.8. The molecule has 0 bridgehead atoms. The van der Waals surface area contributed by atoms with Crippen LogP contribution in [0.4, 0.5) is 5.82 Å². The summed E-state index contributed by atoms with van der Waals surface area (Å²) in [7, 11) is 0. The molecule has 2 aliphatic rings. The predicted molar refractivity (Wildman–Crippen MR) is 92.8 cm³/mol.